The van der Waals surface area contributed by atoms with E-state index >= 15 is 0 Å². The number of thioether (sulfide) groups is 1. The fourth-order valence-electron chi connectivity index (χ4n) is 4.75. The zero-order valence-electron chi connectivity index (χ0n) is 18.4. The van der Waals surface area contributed by atoms with Gasteiger partial charge in [-0.05, 0) is 42.2 Å². The molecule has 1 N–H and O–H groups in total. The van der Waals surface area contributed by atoms with E-state index in [0.717, 1.165) is 18.6 Å². The molecule has 0 saturated heterocycles. The van der Waals surface area contributed by atoms with Crippen molar-refractivity contribution in [3.8, 4) is 5.95 Å². The van der Waals surface area contributed by atoms with E-state index in [9.17, 15) is 9.59 Å². The van der Waals surface area contributed by atoms with E-state index in [1.807, 2.05) is 23.8 Å². The van der Waals surface area contributed by atoms with Crippen LogP contribution in [-0.4, -0.2) is 35.1 Å². The van der Waals surface area contributed by atoms with E-state index < -0.39 is 0 Å². The Balaban J connectivity index is 1.65. The van der Waals surface area contributed by atoms with Gasteiger partial charge in [0.1, 0.15) is 0 Å². The van der Waals surface area contributed by atoms with Crippen LogP contribution in [0.25, 0.3) is 27.8 Å². The van der Waals surface area contributed by atoms with E-state index in [-0.39, 0.29) is 17.2 Å². The molecule has 1 aliphatic carbocycles. The maximum atomic E-state index is 13.4. The fourth-order valence-corrected chi connectivity index (χ4v) is 5.27. The normalized spacial score (nSPS) is 21.4. The highest BCUT2D eigenvalue weighted by atomic mass is 32.2. The third-order valence-electron chi connectivity index (χ3n) is 6.75. The summed E-state index contributed by atoms with van der Waals surface area (Å²) in [5.74, 6) is 2.19. The largest absolute Gasteiger partial charge is 0.312 e. The first-order chi connectivity index (χ1) is 15.5. The number of hydrogen-bond donors (Lipinski definition) is 1. The van der Waals surface area contributed by atoms with Crippen LogP contribution in [0.5, 0.6) is 0 Å². The molecule has 0 aliphatic heterocycles. The quantitative estimate of drug-likeness (QED) is 0.374. The van der Waals surface area contributed by atoms with E-state index in [1.165, 1.54) is 22.7 Å². The van der Waals surface area contributed by atoms with Crippen molar-refractivity contribution < 1.29 is 0 Å². The molecule has 4 heterocycles. The third-order valence-corrected chi connectivity index (χ3v) is 7.48. The minimum Gasteiger partial charge on any atom is -0.312 e. The predicted molar refractivity (Wildman–Crippen MR) is 127 cm³/mol. The second-order valence-corrected chi connectivity index (χ2v) is 9.81. The van der Waals surface area contributed by atoms with Crippen molar-refractivity contribution >= 4 is 33.6 Å². The number of hydrogen-bond acceptors (Lipinski definition) is 6. The summed E-state index contributed by atoms with van der Waals surface area (Å²) in [7, 11) is 0. The van der Waals surface area contributed by atoms with Gasteiger partial charge in [-0.2, -0.15) is 4.98 Å². The molecule has 1 saturated carbocycles. The summed E-state index contributed by atoms with van der Waals surface area (Å²) in [5, 5.41) is 8.41. The van der Waals surface area contributed by atoms with Gasteiger partial charge < -0.3 is 4.57 Å². The zero-order chi connectivity index (χ0) is 22.4. The molecule has 0 unspecified atom stereocenters. The van der Waals surface area contributed by atoms with Crippen LogP contribution in [0.1, 0.15) is 46.1 Å². The van der Waals surface area contributed by atoms with Gasteiger partial charge in [-0.25, -0.2) is 10.1 Å². The standard InChI is InChI=1S/C23H26N6O2S/c1-4-32-23-25-22(26-27-23)29-11-9-18-16(21(29)31)12-15-17(24-18)8-10-28(20(15)30)19-7-5-6-13(2)14(19)3/h8-14,19H,4-7H2,1-3H3,(H,25,26,27)/t13-,14-,19-/m0/s1. The number of fused-ring (bicyclic) bond motifs is 2. The fraction of sp³-hybridized carbons (Fsp3) is 0.435. The van der Waals surface area contributed by atoms with Crippen molar-refractivity contribution in [2.75, 3.05) is 5.75 Å². The second kappa shape index (κ2) is 8.20. The van der Waals surface area contributed by atoms with Crippen LogP contribution in [0.2, 0.25) is 0 Å². The van der Waals surface area contributed by atoms with E-state index in [2.05, 4.69) is 34.0 Å². The minimum atomic E-state index is -0.282. The summed E-state index contributed by atoms with van der Waals surface area (Å²) < 4.78 is 3.26. The summed E-state index contributed by atoms with van der Waals surface area (Å²) in [6.45, 7) is 6.50. The summed E-state index contributed by atoms with van der Waals surface area (Å²) >= 11 is 1.49. The van der Waals surface area contributed by atoms with E-state index in [0.29, 0.717) is 44.7 Å². The first-order valence-corrected chi connectivity index (χ1v) is 12.1. The molecule has 0 amide bonds. The second-order valence-electron chi connectivity index (χ2n) is 8.58. The number of nitrogens with zero attached hydrogens (tertiary/aromatic N) is 5. The van der Waals surface area contributed by atoms with Gasteiger partial charge in [0.05, 0.1) is 21.8 Å². The first-order valence-electron chi connectivity index (χ1n) is 11.1. The minimum absolute atomic E-state index is 0.0843. The van der Waals surface area contributed by atoms with Crippen LogP contribution in [0.4, 0.5) is 0 Å². The third kappa shape index (κ3) is 3.44. The highest BCUT2D eigenvalue weighted by Gasteiger charge is 2.29. The molecule has 166 valence electrons. The van der Waals surface area contributed by atoms with Crippen LogP contribution in [-0.2, 0) is 0 Å². The maximum absolute atomic E-state index is 13.4. The topological polar surface area (TPSA) is 98.5 Å². The molecule has 1 fully saturated rings. The molecule has 5 rings (SSSR count). The molecule has 3 atom stereocenters. The lowest BCUT2D eigenvalue weighted by Crippen LogP contribution is -2.33. The molecule has 4 aromatic rings. The number of rotatable bonds is 4. The Morgan fingerprint density at radius 1 is 1.06 bits per heavy atom. The Morgan fingerprint density at radius 2 is 1.81 bits per heavy atom. The van der Waals surface area contributed by atoms with Crippen LogP contribution in [0.15, 0.2) is 45.3 Å². The van der Waals surface area contributed by atoms with Gasteiger partial charge in [-0.15, -0.1) is 5.10 Å². The van der Waals surface area contributed by atoms with Crippen molar-refractivity contribution in [3.63, 3.8) is 0 Å². The van der Waals surface area contributed by atoms with Crippen LogP contribution in [0, 0.1) is 11.8 Å². The summed E-state index contributed by atoms with van der Waals surface area (Å²) in [6, 6.07) is 5.51. The molecule has 4 aromatic heterocycles. The Kier molecular flexibility index (Phi) is 5.36. The van der Waals surface area contributed by atoms with E-state index in [4.69, 9.17) is 0 Å². The summed E-state index contributed by atoms with van der Waals surface area (Å²) in [4.78, 5) is 35.7. The number of nitrogens with one attached hydrogen (secondary N) is 1. The van der Waals surface area contributed by atoms with Crippen molar-refractivity contribution in [1.29, 1.82) is 0 Å². The average Bonchev–Trinajstić information content (AvgIpc) is 3.24. The summed E-state index contributed by atoms with van der Waals surface area (Å²) in [6.07, 6.45) is 6.82. The predicted octanol–water partition coefficient (Wildman–Crippen LogP) is 3.93. The van der Waals surface area contributed by atoms with Gasteiger partial charge >= 0.3 is 0 Å². The monoisotopic (exact) mass is 450 g/mol. The first kappa shape index (κ1) is 20.9. The van der Waals surface area contributed by atoms with Gasteiger partial charge in [0.15, 0.2) is 0 Å². The Labute approximate surface area is 189 Å². The van der Waals surface area contributed by atoms with Crippen molar-refractivity contribution in [2.45, 2.75) is 51.2 Å². The van der Waals surface area contributed by atoms with Crippen molar-refractivity contribution in [2.24, 2.45) is 11.8 Å². The van der Waals surface area contributed by atoms with E-state index in [1.54, 1.807) is 18.3 Å². The lowest BCUT2D eigenvalue weighted by molar-refractivity contribution is 0.183. The molecule has 32 heavy (non-hydrogen) atoms. The molecule has 9 heteroatoms. The molecular formula is C23H26N6O2S. The van der Waals surface area contributed by atoms with Crippen LogP contribution in [0.3, 0.4) is 0 Å². The molecule has 0 spiro atoms. The smallest absolute Gasteiger partial charge is 0.266 e. The maximum Gasteiger partial charge on any atom is 0.266 e. The van der Waals surface area contributed by atoms with Gasteiger partial charge in [0.25, 0.3) is 11.1 Å². The highest BCUT2D eigenvalue weighted by Crippen LogP contribution is 2.37. The van der Waals surface area contributed by atoms with Crippen LogP contribution >= 0.6 is 11.8 Å². The molecule has 0 radical (unpaired) electrons. The number of H-pyrrole nitrogens is 1. The van der Waals surface area contributed by atoms with Gasteiger partial charge in [0.2, 0.25) is 11.1 Å². The SMILES string of the molecule is CCSc1n[nH]c(-n2ccc3nc4ccn([C@H]5CCC[C@H](C)[C@@H]5C)c(=O)c4cc3c2=O)n1. The molecular weight excluding hydrogens is 424 g/mol. The van der Waals surface area contributed by atoms with Gasteiger partial charge in [-0.3, -0.25) is 14.2 Å². The number of aromatic nitrogens is 6. The Morgan fingerprint density at radius 3 is 2.59 bits per heavy atom. The van der Waals surface area contributed by atoms with Crippen LogP contribution < -0.4 is 11.1 Å². The molecule has 0 bridgehead atoms. The highest BCUT2D eigenvalue weighted by molar-refractivity contribution is 7.99. The summed E-state index contributed by atoms with van der Waals surface area (Å²) in [5.41, 5.74) is 0.793. The molecule has 0 aromatic carbocycles. The van der Waals surface area contributed by atoms with Crippen molar-refractivity contribution in [1.82, 2.24) is 29.3 Å². The van der Waals surface area contributed by atoms with Gasteiger partial charge in [0, 0.05) is 18.4 Å². The number of aromatic amines is 1. The molecule has 8 nitrogen and oxygen atoms in total. The lowest BCUT2D eigenvalue weighted by Gasteiger charge is -2.35. The zero-order valence-corrected chi connectivity index (χ0v) is 19.2. The Bertz CT molecular complexity index is 1420. The van der Waals surface area contributed by atoms with Crippen molar-refractivity contribution in [3.05, 3.63) is 51.3 Å². The van der Waals surface area contributed by atoms with Gasteiger partial charge in [-0.1, -0.05) is 45.4 Å². The molecule has 1 aliphatic rings. The lowest BCUT2D eigenvalue weighted by atomic mass is 9.78. The average molecular weight is 451 g/mol. The number of pyridine rings is 3. The Hall–Kier alpha value is -2.94.